The number of amides is 2. The van der Waals surface area contributed by atoms with Crippen molar-refractivity contribution < 1.29 is 18.7 Å². The molecular formula is C25H24ClFN4O3. The lowest BCUT2D eigenvalue weighted by atomic mass is 10.0. The first-order valence-electron chi connectivity index (χ1n) is 10.8. The average Bonchev–Trinajstić information content (AvgIpc) is 2.84. The van der Waals surface area contributed by atoms with Crippen LogP contribution in [0.5, 0.6) is 5.75 Å². The van der Waals surface area contributed by atoms with E-state index in [-0.39, 0.29) is 34.8 Å². The van der Waals surface area contributed by atoms with E-state index < -0.39 is 5.82 Å². The molecule has 0 atom stereocenters. The highest BCUT2D eigenvalue weighted by Crippen LogP contribution is 2.29. The van der Waals surface area contributed by atoms with Crippen LogP contribution in [-0.2, 0) is 11.4 Å². The summed E-state index contributed by atoms with van der Waals surface area (Å²) in [6.45, 7) is 3.54. The molecular weight excluding hydrogens is 459 g/mol. The fourth-order valence-electron chi connectivity index (χ4n) is 3.76. The number of rotatable bonds is 5. The Morgan fingerprint density at radius 1 is 1.06 bits per heavy atom. The molecule has 0 bridgehead atoms. The van der Waals surface area contributed by atoms with Crippen molar-refractivity contribution in [3.8, 4) is 16.9 Å². The van der Waals surface area contributed by atoms with Crippen molar-refractivity contribution in [2.75, 3.05) is 31.9 Å². The summed E-state index contributed by atoms with van der Waals surface area (Å²) in [7, 11) is 0. The van der Waals surface area contributed by atoms with Crippen LogP contribution in [0.15, 0.2) is 54.7 Å². The first-order valence-corrected chi connectivity index (χ1v) is 11.2. The minimum Gasteiger partial charge on any atom is -0.485 e. The van der Waals surface area contributed by atoms with E-state index in [1.54, 1.807) is 40.3 Å². The molecule has 2 aromatic carbocycles. The predicted octanol–water partition coefficient (Wildman–Crippen LogP) is 4.01. The Bertz CT molecular complexity index is 1190. The quantitative estimate of drug-likeness (QED) is 0.593. The Kier molecular flexibility index (Phi) is 6.98. The molecule has 0 radical (unpaired) electrons. The van der Waals surface area contributed by atoms with E-state index in [9.17, 15) is 14.0 Å². The summed E-state index contributed by atoms with van der Waals surface area (Å²) in [6, 6.07) is 13.3. The van der Waals surface area contributed by atoms with Gasteiger partial charge in [-0.2, -0.15) is 0 Å². The highest BCUT2D eigenvalue weighted by atomic mass is 35.5. The second-order valence-electron chi connectivity index (χ2n) is 7.97. The lowest BCUT2D eigenvalue weighted by Gasteiger charge is -2.34. The van der Waals surface area contributed by atoms with E-state index >= 15 is 0 Å². The van der Waals surface area contributed by atoms with Gasteiger partial charge in [-0.05, 0) is 35.9 Å². The Labute approximate surface area is 201 Å². The first kappa shape index (κ1) is 23.5. The molecule has 1 aliphatic rings. The van der Waals surface area contributed by atoms with Gasteiger partial charge in [0, 0.05) is 56.0 Å². The molecule has 0 spiro atoms. The maximum Gasteiger partial charge on any atom is 0.253 e. The fourth-order valence-corrected chi connectivity index (χ4v) is 3.98. The van der Waals surface area contributed by atoms with Gasteiger partial charge in [0.2, 0.25) is 5.91 Å². The maximum atomic E-state index is 14.0. The number of carbonyl (C=O) groups is 2. The zero-order valence-corrected chi connectivity index (χ0v) is 19.4. The number of hydrogen-bond donors (Lipinski definition) is 1. The maximum absolute atomic E-state index is 14.0. The minimum atomic E-state index is -0.460. The van der Waals surface area contributed by atoms with Crippen LogP contribution in [-0.4, -0.2) is 52.8 Å². The molecule has 1 saturated heterocycles. The minimum absolute atomic E-state index is 0.0221. The number of hydrogen-bond acceptors (Lipinski definition) is 5. The molecule has 2 heterocycles. The van der Waals surface area contributed by atoms with Crippen LogP contribution in [0.2, 0.25) is 5.02 Å². The normalized spacial score (nSPS) is 13.6. The third-order valence-electron chi connectivity index (χ3n) is 5.79. The summed E-state index contributed by atoms with van der Waals surface area (Å²) >= 11 is 6.06. The topological polar surface area (TPSA) is 88.8 Å². The highest BCUT2D eigenvalue weighted by Gasteiger charge is 2.23. The molecule has 0 aliphatic carbocycles. The predicted molar refractivity (Wildman–Crippen MR) is 128 cm³/mol. The number of piperazine rings is 1. The third-order valence-corrected chi connectivity index (χ3v) is 6.15. The highest BCUT2D eigenvalue weighted by molar-refractivity contribution is 6.31. The van der Waals surface area contributed by atoms with E-state index in [2.05, 4.69) is 4.98 Å². The molecule has 1 fully saturated rings. The molecule has 9 heteroatoms. The number of anilines is 1. The average molecular weight is 483 g/mol. The van der Waals surface area contributed by atoms with Gasteiger partial charge in [0.25, 0.3) is 5.91 Å². The van der Waals surface area contributed by atoms with Crippen molar-refractivity contribution in [3.05, 3.63) is 76.7 Å². The van der Waals surface area contributed by atoms with Crippen molar-refractivity contribution in [1.29, 1.82) is 0 Å². The Morgan fingerprint density at radius 3 is 2.38 bits per heavy atom. The molecule has 2 N–H and O–H groups in total. The van der Waals surface area contributed by atoms with Crippen molar-refractivity contribution in [3.63, 3.8) is 0 Å². The molecule has 0 unspecified atom stereocenters. The summed E-state index contributed by atoms with van der Waals surface area (Å²) in [5, 5.41) is 0.269. The molecule has 0 saturated carbocycles. The van der Waals surface area contributed by atoms with E-state index in [0.717, 1.165) is 11.1 Å². The van der Waals surface area contributed by atoms with Crippen LogP contribution < -0.4 is 10.5 Å². The number of halogens is 2. The van der Waals surface area contributed by atoms with Gasteiger partial charge in [0.05, 0.1) is 5.02 Å². The standard InChI is InChI=1S/C25H24ClFN4O3/c1-16(32)30-9-11-31(12-10-30)25(33)18-7-5-17(6-8-18)19-13-23(24(28)29-14-19)34-15-20-21(26)3-2-4-22(20)27/h2-8,13-14H,9-12,15H2,1H3,(H2,28,29). The second kappa shape index (κ2) is 10.1. The Morgan fingerprint density at radius 2 is 1.74 bits per heavy atom. The SMILES string of the molecule is CC(=O)N1CCN(C(=O)c2ccc(-c3cnc(N)c(OCc4c(F)cccc4Cl)c3)cc2)CC1. The summed E-state index contributed by atoms with van der Waals surface area (Å²) in [6.07, 6.45) is 1.61. The van der Waals surface area contributed by atoms with Crippen LogP contribution >= 0.6 is 11.6 Å². The summed E-state index contributed by atoms with van der Waals surface area (Å²) in [5.74, 6) is -0.0314. The smallest absolute Gasteiger partial charge is 0.253 e. The molecule has 2 amide bonds. The largest absolute Gasteiger partial charge is 0.485 e. The molecule has 34 heavy (non-hydrogen) atoms. The number of aromatic nitrogens is 1. The Hall–Kier alpha value is -3.65. The van der Waals surface area contributed by atoms with Crippen LogP contribution in [0.25, 0.3) is 11.1 Å². The van der Waals surface area contributed by atoms with Gasteiger partial charge in [0.15, 0.2) is 11.6 Å². The van der Waals surface area contributed by atoms with Gasteiger partial charge < -0.3 is 20.3 Å². The van der Waals surface area contributed by atoms with Crippen LogP contribution in [0.3, 0.4) is 0 Å². The van der Waals surface area contributed by atoms with Crippen molar-refractivity contribution in [2.24, 2.45) is 0 Å². The van der Waals surface area contributed by atoms with E-state index in [1.165, 1.54) is 19.1 Å². The number of nitrogens with two attached hydrogens (primary N) is 1. The van der Waals surface area contributed by atoms with E-state index in [4.69, 9.17) is 22.1 Å². The molecule has 176 valence electrons. The number of nitrogens with zero attached hydrogens (tertiary/aromatic N) is 3. The Balaban J connectivity index is 1.45. The zero-order chi connectivity index (χ0) is 24.2. The van der Waals surface area contributed by atoms with E-state index in [1.807, 2.05) is 12.1 Å². The van der Waals surface area contributed by atoms with Crippen LogP contribution in [0.1, 0.15) is 22.8 Å². The molecule has 1 aliphatic heterocycles. The lowest BCUT2D eigenvalue weighted by molar-refractivity contribution is -0.130. The number of benzene rings is 2. The number of carbonyl (C=O) groups excluding carboxylic acids is 2. The van der Waals surface area contributed by atoms with Crippen molar-refractivity contribution in [1.82, 2.24) is 14.8 Å². The van der Waals surface area contributed by atoms with Gasteiger partial charge in [0.1, 0.15) is 12.4 Å². The number of ether oxygens (including phenoxy) is 1. The van der Waals surface area contributed by atoms with E-state index in [0.29, 0.717) is 37.5 Å². The van der Waals surface area contributed by atoms with Gasteiger partial charge in [-0.3, -0.25) is 9.59 Å². The number of pyridine rings is 1. The molecule has 1 aromatic heterocycles. The summed E-state index contributed by atoms with van der Waals surface area (Å²) in [4.78, 5) is 32.0. The molecule has 3 aromatic rings. The van der Waals surface area contributed by atoms with Crippen molar-refractivity contribution >= 4 is 29.2 Å². The zero-order valence-electron chi connectivity index (χ0n) is 18.6. The fraction of sp³-hybridized carbons (Fsp3) is 0.240. The van der Waals surface area contributed by atoms with Gasteiger partial charge >= 0.3 is 0 Å². The van der Waals surface area contributed by atoms with Gasteiger partial charge in [-0.1, -0.05) is 29.8 Å². The molecule has 4 rings (SSSR count). The van der Waals surface area contributed by atoms with Gasteiger partial charge in [-0.15, -0.1) is 0 Å². The molecule has 7 nitrogen and oxygen atoms in total. The first-order chi connectivity index (χ1) is 16.3. The number of nitrogen functional groups attached to an aromatic ring is 1. The van der Waals surface area contributed by atoms with Crippen molar-refractivity contribution in [2.45, 2.75) is 13.5 Å². The second-order valence-corrected chi connectivity index (χ2v) is 8.38. The third kappa shape index (κ3) is 5.12. The summed E-state index contributed by atoms with van der Waals surface area (Å²) in [5.41, 5.74) is 8.30. The van der Waals surface area contributed by atoms with Gasteiger partial charge in [-0.25, -0.2) is 9.37 Å². The van der Waals surface area contributed by atoms with Crippen LogP contribution in [0, 0.1) is 5.82 Å². The van der Waals surface area contributed by atoms with Crippen LogP contribution in [0.4, 0.5) is 10.2 Å². The monoisotopic (exact) mass is 482 g/mol. The summed E-state index contributed by atoms with van der Waals surface area (Å²) < 4.78 is 19.7. The lowest BCUT2D eigenvalue weighted by Crippen LogP contribution is -2.50.